The van der Waals surface area contributed by atoms with Crippen molar-refractivity contribution in [3.8, 4) is 0 Å². The number of aromatic nitrogens is 2. The largest absolute Gasteiger partial charge is 0.323 e. The van der Waals surface area contributed by atoms with Crippen LogP contribution in [0.1, 0.15) is 10.5 Å². The van der Waals surface area contributed by atoms with Crippen molar-refractivity contribution >= 4 is 33.2 Å². The normalized spacial score (nSPS) is 11.3. The van der Waals surface area contributed by atoms with Gasteiger partial charge in [0.15, 0.2) is 0 Å². The van der Waals surface area contributed by atoms with Crippen LogP contribution in [-0.2, 0) is 10.0 Å². The minimum atomic E-state index is -3.91. The molecule has 0 fully saturated rings. The molecule has 0 radical (unpaired) electrons. The van der Waals surface area contributed by atoms with Crippen LogP contribution < -0.4 is 16.1 Å². The summed E-state index contributed by atoms with van der Waals surface area (Å²) >= 11 is 5.85. The highest BCUT2D eigenvalue weighted by molar-refractivity contribution is 7.89. The van der Waals surface area contributed by atoms with Gasteiger partial charge in [0.1, 0.15) is 5.69 Å². The highest BCUT2D eigenvalue weighted by Crippen LogP contribution is 2.25. The van der Waals surface area contributed by atoms with Crippen molar-refractivity contribution in [3.05, 3.63) is 45.6 Å². The first kappa shape index (κ1) is 14.3. The Morgan fingerprint density at radius 1 is 1.35 bits per heavy atom. The lowest BCUT2D eigenvalue weighted by Gasteiger charge is -2.07. The number of rotatable bonds is 3. The zero-order valence-corrected chi connectivity index (χ0v) is 11.4. The van der Waals surface area contributed by atoms with E-state index in [1.165, 1.54) is 18.3 Å². The Labute approximate surface area is 118 Å². The average Bonchev–Trinajstić information content (AvgIpc) is 2.77. The Bertz CT molecular complexity index is 824. The van der Waals surface area contributed by atoms with Crippen LogP contribution in [0.25, 0.3) is 0 Å². The number of hydrogen-bond acceptors (Lipinski definition) is 4. The van der Waals surface area contributed by atoms with Gasteiger partial charge in [0.05, 0.1) is 15.6 Å². The molecule has 0 aliphatic carbocycles. The molecule has 8 nitrogen and oxygen atoms in total. The zero-order chi connectivity index (χ0) is 14.9. The van der Waals surface area contributed by atoms with Gasteiger partial charge in [0, 0.05) is 6.20 Å². The van der Waals surface area contributed by atoms with E-state index < -0.39 is 21.6 Å². The van der Waals surface area contributed by atoms with Gasteiger partial charge in [-0.15, -0.1) is 0 Å². The van der Waals surface area contributed by atoms with Crippen LogP contribution in [0.4, 0.5) is 5.69 Å². The number of nitrogens with two attached hydrogens (primary N) is 1. The van der Waals surface area contributed by atoms with E-state index in [1.807, 2.05) is 0 Å². The van der Waals surface area contributed by atoms with Crippen molar-refractivity contribution in [3.63, 3.8) is 0 Å². The first-order chi connectivity index (χ1) is 9.27. The monoisotopic (exact) mass is 316 g/mol. The molecule has 1 aromatic heterocycles. The molecule has 20 heavy (non-hydrogen) atoms. The Hall–Kier alpha value is -2.10. The average molecular weight is 317 g/mol. The van der Waals surface area contributed by atoms with Gasteiger partial charge >= 0.3 is 5.69 Å². The van der Waals surface area contributed by atoms with Gasteiger partial charge in [-0.3, -0.25) is 4.79 Å². The van der Waals surface area contributed by atoms with Crippen LogP contribution in [0.3, 0.4) is 0 Å². The molecule has 0 spiro atoms. The number of benzene rings is 1. The van der Waals surface area contributed by atoms with Crippen molar-refractivity contribution in [2.75, 3.05) is 5.32 Å². The van der Waals surface area contributed by atoms with Crippen LogP contribution in [-0.4, -0.2) is 24.3 Å². The third-order valence-electron chi connectivity index (χ3n) is 2.35. The molecule has 106 valence electrons. The maximum Gasteiger partial charge on any atom is 0.323 e. The SMILES string of the molecule is NS(=O)(=O)c1ccc(Cl)c(NC(=O)c2c[nH]c(=O)[nH]2)c1. The second kappa shape index (κ2) is 5.12. The third-order valence-corrected chi connectivity index (χ3v) is 3.60. The quantitative estimate of drug-likeness (QED) is 0.645. The first-order valence-corrected chi connectivity index (χ1v) is 7.11. The summed E-state index contributed by atoms with van der Waals surface area (Å²) in [5.41, 5.74) is -0.503. The summed E-state index contributed by atoms with van der Waals surface area (Å²) in [4.78, 5) is 27.0. The van der Waals surface area contributed by atoms with E-state index >= 15 is 0 Å². The van der Waals surface area contributed by atoms with Gasteiger partial charge < -0.3 is 15.3 Å². The topological polar surface area (TPSA) is 138 Å². The Balaban J connectivity index is 2.34. The molecule has 0 aliphatic heterocycles. The highest BCUT2D eigenvalue weighted by Gasteiger charge is 2.14. The minimum absolute atomic E-state index is 0.0212. The summed E-state index contributed by atoms with van der Waals surface area (Å²) in [6.45, 7) is 0. The van der Waals surface area contributed by atoms with Gasteiger partial charge in [-0.25, -0.2) is 18.4 Å². The molecule has 0 aliphatic rings. The van der Waals surface area contributed by atoms with Crippen molar-refractivity contribution in [1.82, 2.24) is 9.97 Å². The number of amides is 1. The Morgan fingerprint density at radius 2 is 2.05 bits per heavy atom. The Morgan fingerprint density at radius 3 is 2.60 bits per heavy atom. The van der Waals surface area contributed by atoms with Gasteiger partial charge in [-0.2, -0.15) is 0 Å². The zero-order valence-electron chi connectivity index (χ0n) is 9.81. The molecule has 0 bridgehead atoms. The van der Waals surface area contributed by atoms with E-state index in [2.05, 4.69) is 15.3 Å². The number of nitrogens with one attached hydrogen (secondary N) is 3. The molecule has 0 saturated carbocycles. The second-order valence-corrected chi connectivity index (χ2v) is 5.77. The standard InChI is InChI=1S/C10H9ClN4O4S/c11-6-2-1-5(20(12,18)19)3-7(6)14-9(16)8-4-13-10(17)15-8/h1-4H,(H,14,16)(H2,12,18,19)(H2,13,15,17). The third kappa shape index (κ3) is 3.07. The van der Waals surface area contributed by atoms with E-state index in [4.69, 9.17) is 16.7 Å². The molecule has 10 heteroatoms. The lowest BCUT2D eigenvalue weighted by Crippen LogP contribution is -2.16. The lowest BCUT2D eigenvalue weighted by molar-refractivity contribution is 0.102. The summed E-state index contributed by atoms with van der Waals surface area (Å²) in [5.74, 6) is -0.656. The van der Waals surface area contributed by atoms with Crippen LogP contribution >= 0.6 is 11.6 Å². The number of carbonyl (C=O) groups excluding carboxylic acids is 1. The first-order valence-electron chi connectivity index (χ1n) is 5.19. The predicted molar refractivity (Wildman–Crippen MR) is 72.2 cm³/mol. The fourth-order valence-corrected chi connectivity index (χ4v) is 2.13. The molecular weight excluding hydrogens is 308 g/mol. The molecule has 0 unspecified atom stereocenters. The number of hydrogen-bond donors (Lipinski definition) is 4. The number of sulfonamides is 1. The smallest absolute Gasteiger partial charge is 0.319 e. The van der Waals surface area contributed by atoms with Crippen molar-refractivity contribution in [2.45, 2.75) is 4.90 Å². The van der Waals surface area contributed by atoms with Crippen LogP contribution in [0.5, 0.6) is 0 Å². The number of aromatic amines is 2. The van der Waals surface area contributed by atoms with E-state index in [1.54, 1.807) is 0 Å². The molecule has 0 atom stereocenters. The predicted octanol–water partition coefficient (Wildman–Crippen LogP) is 0.256. The van der Waals surface area contributed by atoms with Gasteiger partial charge in [-0.1, -0.05) is 11.6 Å². The Kier molecular flexibility index (Phi) is 3.66. The fourth-order valence-electron chi connectivity index (χ4n) is 1.42. The van der Waals surface area contributed by atoms with Crippen molar-refractivity contribution in [1.29, 1.82) is 0 Å². The van der Waals surface area contributed by atoms with Crippen molar-refractivity contribution in [2.24, 2.45) is 5.14 Å². The molecule has 5 N–H and O–H groups in total. The minimum Gasteiger partial charge on any atom is -0.319 e. The van der Waals surface area contributed by atoms with E-state index in [9.17, 15) is 18.0 Å². The molecule has 2 rings (SSSR count). The summed E-state index contributed by atoms with van der Waals surface area (Å²) in [6, 6.07) is 3.63. The summed E-state index contributed by atoms with van der Waals surface area (Å²) in [6.07, 6.45) is 1.18. The number of halogens is 1. The summed E-state index contributed by atoms with van der Waals surface area (Å²) < 4.78 is 22.4. The number of anilines is 1. The van der Waals surface area contributed by atoms with E-state index in [0.717, 1.165) is 6.07 Å². The molecule has 0 saturated heterocycles. The van der Waals surface area contributed by atoms with Gasteiger partial charge in [0.25, 0.3) is 5.91 Å². The molecule has 1 heterocycles. The number of primary sulfonamides is 1. The summed E-state index contributed by atoms with van der Waals surface area (Å²) in [7, 11) is -3.91. The van der Waals surface area contributed by atoms with Crippen LogP contribution in [0.2, 0.25) is 5.02 Å². The van der Waals surface area contributed by atoms with Crippen LogP contribution in [0, 0.1) is 0 Å². The fraction of sp³-hybridized carbons (Fsp3) is 0. The van der Waals surface area contributed by atoms with E-state index in [0.29, 0.717) is 0 Å². The lowest BCUT2D eigenvalue weighted by atomic mass is 10.3. The van der Waals surface area contributed by atoms with Gasteiger partial charge in [0.2, 0.25) is 10.0 Å². The molecule has 2 aromatic rings. The number of H-pyrrole nitrogens is 2. The molecular formula is C10H9ClN4O4S. The van der Waals surface area contributed by atoms with Gasteiger partial charge in [-0.05, 0) is 18.2 Å². The van der Waals surface area contributed by atoms with Crippen LogP contribution in [0.15, 0.2) is 34.1 Å². The molecule has 1 amide bonds. The molecule has 1 aromatic carbocycles. The maximum atomic E-state index is 11.8. The van der Waals surface area contributed by atoms with Crippen molar-refractivity contribution < 1.29 is 13.2 Å². The van der Waals surface area contributed by atoms with E-state index in [-0.39, 0.29) is 21.3 Å². The maximum absolute atomic E-state index is 11.8. The summed E-state index contributed by atoms with van der Waals surface area (Å²) in [5, 5.41) is 7.48. The number of imidazole rings is 1. The highest BCUT2D eigenvalue weighted by atomic mass is 35.5. The second-order valence-electron chi connectivity index (χ2n) is 3.80. The number of carbonyl (C=O) groups is 1.